The molecule has 3 unspecified atom stereocenters. The summed E-state index contributed by atoms with van der Waals surface area (Å²) >= 11 is 0. The van der Waals surface area contributed by atoms with E-state index in [2.05, 4.69) is 13.0 Å². The second-order valence-electron chi connectivity index (χ2n) is 6.67. The molecule has 0 radical (unpaired) electrons. The van der Waals surface area contributed by atoms with Crippen LogP contribution in [0.15, 0.2) is 42.0 Å². The first-order valence-corrected chi connectivity index (χ1v) is 8.44. The molecule has 4 nitrogen and oxygen atoms in total. The number of fused-ring (bicyclic) bond motifs is 2. The third-order valence-electron chi connectivity index (χ3n) is 5.63. The number of amides is 1. The molecule has 1 aromatic carbocycles. The summed E-state index contributed by atoms with van der Waals surface area (Å²) in [5.41, 5.74) is 2.15. The van der Waals surface area contributed by atoms with Crippen LogP contribution in [-0.2, 0) is 4.79 Å². The maximum absolute atomic E-state index is 13.2. The Morgan fingerprint density at radius 3 is 2.79 bits per heavy atom. The molecule has 1 heterocycles. The molecule has 0 aromatic heterocycles. The van der Waals surface area contributed by atoms with Crippen molar-refractivity contribution in [3.63, 3.8) is 0 Å². The Bertz CT molecular complexity index is 762. The van der Waals surface area contributed by atoms with Crippen molar-refractivity contribution in [1.82, 2.24) is 4.48 Å². The Morgan fingerprint density at radius 2 is 2.12 bits per heavy atom. The van der Waals surface area contributed by atoms with Gasteiger partial charge in [0.1, 0.15) is 11.8 Å². The third-order valence-corrected chi connectivity index (χ3v) is 5.63. The van der Waals surface area contributed by atoms with E-state index in [1.807, 2.05) is 38.3 Å². The van der Waals surface area contributed by atoms with Crippen molar-refractivity contribution in [2.45, 2.75) is 32.7 Å². The topological polar surface area (TPSA) is 43.4 Å². The molecule has 1 amide bonds. The first kappa shape index (κ1) is 16.7. The first-order chi connectivity index (χ1) is 11.4. The van der Waals surface area contributed by atoms with Crippen LogP contribution in [0.1, 0.15) is 37.0 Å². The number of rotatable bonds is 2. The van der Waals surface area contributed by atoms with Gasteiger partial charge >= 0.3 is 5.91 Å². The standard InChI is InChI=1S/C20H24NO3/c1-5-19(22)21(3)13(2)15-8-6-7-9-16(15)20(23)17-12-14(24-4)10-11-18(17)21/h6-7,9-13,15H,5,8H2,1-4H3/q+1. The molecule has 0 saturated heterocycles. The van der Waals surface area contributed by atoms with Gasteiger partial charge in [-0.1, -0.05) is 25.2 Å². The van der Waals surface area contributed by atoms with Crippen molar-refractivity contribution in [2.75, 3.05) is 14.2 Å². The molecule has 2 aliphatic rings. The van der Waals surface area contributed by atoms with Crippen LogP contribution in [0.5, 0.6) is 5.75 Å². The summed E-state index contributed by atoms with van der Waals surface area (Å²) in [7, 11) is 3.53. The van der Waals surface area contributed by atoms with E-state index in [1.54, 1.807) is 13.2 Å². The second kappa shape index (κ2) is 6.02. The monoisotopic (exact) mass is 326 g/mol. The lowest BCUT2D eigenvalue weighted by molar-refractivity contribution is -0.131. The van der Waals surface area contributed by atoms with Crippen molar-refractivity contribution >= 4 is 17.4 Å². The van der Waals surface area contributed by atoms with Crippen LogP contribution in [0, 0.1) is 5.92 Å². The molecular formula is C20H24NO3+. The molecule has 1 aromatic rings. The molecule has 0 spiro atoms. The van der Waals surface area contributed by atoms with E-state index >= 15 is 0 Å². The highest BCUT2D eigenvalue weighted by molar-refractivity contribution is 6.15. The normalized spacial score (nSPS) is 28.5. The molecule has 4 heteroatoms. The number of ketones is 1. The van der Waals surface area contributed by atoms with Crippen LogP contribution in [0.4, 0.5) is 5.69 Å². The quantitative estimate of drug-likeness (QED) is 0.779. The number of methoxy groups -OCH3 is 1. The highest BCUT2D eigenvalue weighted by Crippen LogP contribution is 2.43. The number of allylic oxidation sites excluding steroid dienone is 3. The summed E-state index contributed by atoms with van der Waals surface area (Å²) in [6.45, 7) is 3.96. The highest BCUT2D eigenvalue weighted by atomic mass is 16.5. The van der Waals surface area contributed by atoms with Gasteiger partial charge in [0.15, 0.2) is 11.5 Å². The smallest absolute Gasteiger partial charge is 0.318 e. The fourth-order valence-electron chi connectivity index (χ4n) is 4.00. The molecule has 0 bridgehead atoms. The van der Waals surface area contributed by atoms with E-state index in [4.69, 9.17) is 4.74 Å². The minimum atomic E-state index is -0.00718. The Hall–Kier alpha value is -2.20. The summed E-state index contributed by atoms with van der Waals surface area (Å²) in [6.07, 6.45) is 7.14. The zero-order valence-electron chi connectivity index (χ0n) is 14.7. The Balaban J connectivity index is 2.31. The molecule has 126 valence electrons. The molecule has 3 rings (SSSR count). The van der Waals surface area contributed by atoms with Crippen molar-refractivity contribution < 1.29 is 14.3 Å². The van der Waals surface area contributed by atoms with Gasteiger partial charge in [-0.25, -0.2) is 9.28 Å². The minimum absolute atomic E-state index is 0.00718. The lowest BCUT2D eigenvalue weighted by atomic mass is 9.82. The van der Waals surface area contributed by atoms with E-state index in [1.165, 1.54) is 0 Å². The summed E-state index contributed by atoms with van der Waals surface area (Å²) in [6, 6.07) is 5.47. The Kier molecular flexibility index (Phi) is 4.18. The number of Topliss-reactive ketones (excluding diaryl/α,β-unsaturated/α-hetero) is 1. The van der Waals surface area contributed by atoms with Gasteiger partial charge in [0, 0.05) is 17.6 Å². The fourth-order valence-corrected chi connectivity index (χ4v) is 4.00. The molecular weight excluding hydrogens is 302 g/mol. The average molecular weight is 326 g/mol. The molecule has 0 fully saturated rings. The summed E-state index contributed by atoms with van der Waals surface area (Å²) in [4.78, 5) is 26.1. The number of carbonyl (C=O) groups excluding carboxylic acids is 2. The minimum Gasteiger partial charge on any atom is -0.497 e. The largest absolute Gasteiger partial charge is 0.497 e. The number of ether oxygens (including phenoxy) is 1. The van der Waals surface area contributed by atoms with E-state index in [0.29, 0.717) is 17.7 Å². The SMILES string of the molecule is CCC(=O)[N+]1(C)c2ccc(OC)cc2C(=O)C2=CC=CCC2C1C. The van der Waals surface area contributed by atoms with Gasteiger partial charge in [-0.05, 0) is 25.5 Å². The number of quaternary nitrogens is 1. The lowest BCUT2D eigenvalue weighted by Gasteiger charge is -2.39. The van der Waals surface area contributed by atoms with Gasteiger partial charge in [-0.15, -0.1) is 0 Å². The summed E-state index contributed by atoms with van der Waals surface area (Å²) < 4.78 is 5.46. The van der Waals surface area contributed by atoms with E-state index in [9.17, 15) is 9.59 Å². The lowest BCUT2D eigenvalue weighted by Crippen LogP contribution is -2.59. The molecule has 0 N–H and O–H groups in total. The van der Waals surface area contributed by atoms with E-state index in [-0.39, 0.29) is 28.1 Å². The van der Waals surface area contributed by atoms with Crippen molar-refractivity contribution in [2.24, 2.45) is 5.92 Å². The third kappa shape index (κ3) is 2.25. The average Bonchev–Trinajstić information content (AvgIpc) is 2.70. The van der Waals surface area contributed by atoms with Crippen molar-refractivity contribution in [3.8, 4) is 5.75 Å². The number of nitrogens with zero attached hydrogens (tertiary/aromatic N) is 1. The van der Waals surface area contributed by atoms with Gasteiger partial charge in [0.2, 0.25) is 0 Å². The maximum Gasteiger partial charge on any atom is 0.318 e. The number of benzene rings is 1. The van der Waals surface area contributed by atoms with Gasteiger partial charge in [-0.3, -0.25) is 4.79 Å². The van der Waals surface area contributed by atoms with Crippen LogP contribution in [-0.4, -0.2) is 31.9 Å². The van der Waals surface area contributed by atoms with Gasteiger partial charge in [-0.2, -0.15) is 0 Å². The fraction of sp³-hybridized carbons (Fsp3) is 0.400. The Morgan fingerprint density at radius 1 is 1.38 bits per heavy atom. The zero-order valence-corrected chi connectivity index (χ0v) is 14.7. The summed E-state index contributed by atoms with van der Waals surface area (Å²) in [5, 5.41) is 0. The van der Waals surface area contributed by atoms with Gasteiger partial charge in [0.05, 0.1) is 26.1 Å². The van der Waals surface area contributed by atoms with Crippen LogP contribution >= 0.6 is 0 Å². The van der Waals surface area contributed by atoms with Crippen molar-refractivity contribution in [3.05, 3.63) is 47.6 Å². The van der Waals surface area contributed by atoms with Crippen LogP contribution in [0.25, 0.3) is 0 Å². The van der Waals surface area contributed by atoms with Gasteiger partial charge < -0.3 is 4.74 Å². The van der Waals surface area contributed by atoms with E-state index < -0.39 is 0 Å². The van der Waals surface area contributed by atoms with E-state index in [0.717, 1.165) is 17.7 Å². The number of hydrogen-bond donors (Lipinski definition) is 0. The predicted octanol–water partition coefficient (Wildman–Crippen LogP) is 3.66. The predicted molar refractivity (Wildman–Crippen MR) is 95.1 cm³/mol. The van der Waals surface area contributed by atoms with Gasteiger partial charge in [0.25, 0.3) is 0 Å². The summed E-state index contributed by atoms with van der Waals surface area (Å²) in [5.74, 6) is 0.811. The highest BCUT2D eigenvalue weighted by Gasteiger charge is 2.49. The molecule has 24 heavy (non-hydrogen) atoms. The second-order valence-corrected chi connectivity index (χ2v) is 6.67. The zero-order chi connectivity index (χ0) is 17.5. The number of hydrogen-bond acceptors (Lipinski definition) is 3. The molecule has 1 aliphatic heterocycles. The van der Waals surface area contributed by atoms with Crippen LogP contribution in [0.2, 0.25) is 0 Å². The first-order valence-electron chi connectivity index (χ1n) is 8.44. The molecule has 0 saturated carbocycles. The molecule has 3 atom stereocenters. The molecule has 1 aliphatic carbocycles. The maximum atomic E-state index is 13.2. The Labute approximate surface area is 143 Å². The number of carbonyl (C=O) groups is 2. The van der Waals surface area contributed by atoms with Crippen LogP contribution < -0.4 is 9.22 Å². The van der Waals surface area contributed by atoms with Crippen LogP contribution in [0.3, 0.4) is 0 Å². The van der Waals surface area contributed by atoms with Crippen molar-refractivity contribution in [1.29, 1.82) is 0 Å².